The molecule has 0 heterocycles. The van der Waals surface area contributed by atoms with Crippen LogP contribution in [0.15, 0.2) is 52.3 Å². The van der Waals surface area contributed by atoms with E-state index in [9.17, 15) is 5.11 Å². The van der Waals surface area contributed by atoms with Gasteiger partial charge in [0.2, 0.25) is 0 Å². The molecule has 84 valence electrons. The summed E-state index contributed by atoms with van der Waals surface area (Å²) in [5.41, 5.74) is 1.27. The van der Waals surface area contributed by atoms with E-state index in [0.717, 1.165) is 0 Å². The number of allylic oxidation sites excluding steroid dienone is 2. The summed E-state index contributed by atoms with van der Waals surface area (Å²) in [6.07, 6.45) is 5.85. The third kappa shape index (κ3) is 2.57. The van der Waals surface area contributed by atoms with E-state index in [1.165, 1.54) is 15.4 Å². The van der Waals surface area contributed by atoms with E-state index in [1.54, 1.807) is 11.8 Å². The maximum atomic E-state index is 9.64. The molecular formula is C14H16OS. The van der Waals surface area contributed by atoms with E-state index in [2.05, 4.69) is 43.3 Å². The van der Waals surface area contributed by atoms with Crippen molar-refractivity contribution >= 4 is 11.8 Å². The Labute approximate surface area is 101 Å². The van der Waals surface area contributed by atoms with Crippen molar-refractivity contribution in [3.63, 3.8) is 0 Å². The Bertz CT molecular complexity index is 415. The first-order valence-electron chi connectivity index (χ1n) is 5.48. The monoisotopic (exact) mass is 232 g/mol. The van der Waals surface area contributed by atoms with Crippen molar-refractivity contribution in [2.45, 2.75) is 24.8 Å². The summed E-state index contributed by atoms with van der Waals surface area (Å²) in [7, 11) is 0. The van der Waals surface area contributed by atoms with Crippen LogP contribution in [-0.4, -0.2) is 11.2 Å². The van der Waals surface area contributed by atoms with Crippen LogP contribution in [0.2, 0.25) is 0 Å². The molecule has 1 aliphatic carbocycles. The van der Waals surface area contributed by atoms with Gasteiger partial charge < -0.3 is 5.11 Å². The Morgan fingerprint density at radius 3 is 2.56 bits per heavy atom. The minimum atomic E-state index is -0.317. The molecule has 1 nitrogen and oxygen atoms in total. The van der Waals surface area contributed by atoms with E-state index in [4.69, 9.17) is 0 Å². The Kier molecular flexibility index (Phi) is 3.52. The molecule has 2 heteroatoms. The molecule has 0 saturated heterocycles. The van der Waals surface area contributed by atoms with E-state index < -0.39 is 0 Å². The highest BCUT2D eigenvalue weighted by Crippen LogP contribution is 2.37. The molecule has 1 aromatic rings. The van der Waals surface area contributed by atoms with Crippen molar-refractivity contribution < 1.29 is 5.11 Å². The molecule has 2 atom stereocenters. The first-order valence-corrected chi connectivity index (χ1v) is 6.29. The lowest BCUT2D eigenvalue weighted by atomic mass is 10.1. The second-order valence-corrected chi connectivity index (χ2v) is 5.28. The second-order valence-electron chi connectivity index (χ2n) is 4.14. The molecule has 0 spiro atoms. The highest BCUT2D eigenvalue weighted by Gasteiger charge is 2.20. The highest BCUT2D eigenvalue weighted by atomic mass is 32.2. The van der Waals surface area contributed by atoms with Crippen LogP contribution in [0, 0.1) is 12.8 Å². The molecule has 0 radical (unpaired) electrons. The fourth-order valence-corrected chi connectivity index (χ4v) is 2.82. The quantitative estimate of drug-likeness (QED) is 0.860. The van der Waals surface area contributed by atoms with Crippen LogP contribution < -0.4 is 0 Å². The summed E-state index contributed by atoms with van der Waals surface area (Å²) in [6.45, 7) is 3.92. The standard InChI is InChI=1S/C14H16OS/c1-10-6-8-12(9-7-10)16-14-5-3-4-13(14)11(2)15/h3-9,11,13,15H,1-2H3/t11-,13?/m1/s1. The molecule has 0 aromatic heterocycles. The molecule has 1 unspecified atom stereocenters. The molecular weight excluding hydrogens is 216 g/mol. The predicted octanol–water partition coefficient (Wildman–Crippen LogP) is 3.54. The van der Waals surface area contributed by atoms with Gasteiger partial charge in [-0.3, -0.25) is 0 Å². The number of thioether (sulfide) groups is 1. The number of aliphatic hydroxyl groups is 1. The smallest absolute Gasteiger partial charge is 0.0620 e. The summed E-state index contributed by atoms with van der Waals surface area (Å²) in [5.74, 6) is 0.159. The van der Waals surface area contributed by atoms with Crippen LogP contribution in [0.1, 0.15) is 12.5 Å². The Morgan fingerprint density at radius 2 is 1.94 bits per heavy atom. The van der Waals surface area contributed by atoms with Gasteiger partial charge in [0, 0.05) is 10.8 Å². The van der Waals surface area contributed by atoms with Crippen LogP contribution in [0.4, 0.5) is 0 Å². The topological polar surface area (TPSA) is 20.2 Å². The van der Waals surface area contributed by atoms with Crippen LogP contribution in [0.3, 0.4) is 0 Å². The molecule has 1 N–H and O–H groups in total. The van der Waals surface area contributed by atoms with Gasteiger partial charge in [-0.15, -0.1) is 0 Å². The first-order chi connectivity index (χ1) is 7.66. The number of rotatable bonds is 3. The molecule has 0 saturated carbocycles. The van der Waals surface area contributed by atoms with Crippen LogP contribution in [-0.2, 0) is 0 Å². The largest absolute Gasteiger partial charge is 0.392 e. The van der Waals surface area contributed by atoms with Gasteiger partial charge in [0.25, 0.3) is 0 Å². The van der Waals surface area contributed by atoms with Gasteiger partial charge in [0.1, 0.15) is 0 Å². The molecule has 1 aliphatic rings. The van der Waals surface area contributed by atoms with Gasteiger partial charge in [0.15, 0.2) is 0 Å². The number of aryl methyl sites for hydroxylation is 1. The Balaban J connectivity index is 2.08. The predicted molar refractivity (Wildman–Crippen MR) is 69.4 cm³/mol. The lowest BCUT2D eigenvalue weighted by molar-refractivity contribution is 0.168. The summed E-state index contributed by atoms with van der Waals surface area (Å²) in [5, 5.41) is 9.64. The molecule has 0 aliphatic heterocycles. The van der Waals surface area contributed by atoms with Gasteiger partial charge in [-0.25, -0.2) is 0 Å². The summed E-state index contributed by atoms with van der Waals surface area (Å²) in [6, 6.07) is 8.47. The number of hydrogen-bond donors (Lipinski definition) is 1. The average Bonchev–Trinajstić information content (AvgIpc) is 2.69. The van der Waals surface area contributed by atoms with E-state index in [-0.39, 0.29) is 12.0 Å². The van der Waals surface area contributed by atoms with E-state index in [0.29, 0.717) is 0 Å². The van der Waals surface area contributed by atoms with Crippen LogP contribution >= 0.6 is 11.8 Å². The maximum absolute atomic E-state index is 9.64. The first kappa shape index (κ1) is 11.5. The third-order valence-corrected chi connectivity index (χ3v) is 3.84. The zero-order chi connectivity index (χ0) is 11.5. The Morgan fingerprint density at radius 1 is 1.25 bits per heavy atom. The van der Waals surface area contributed by atoms with Gasteiger partial charge >= 0.3 is 0 Å². The van der Waals surface area contributed by atoms with Gasteiger partial charge in [-0.2, -0.15) is 0 Å². The molecule has 16 heavy (non-hydrogen) atoms. The SMILES string of the molecule is Cc1ccc(SC2=CC=CC2[C@@H](C)O)cc1. The van der Waals surface area contributed by atoms with Gasteiger partial charge in [-0.05, 0) is 30.9 Å². The number of benzene rings is 1. The minimum absolute atomic E-state index is 0.159. The van der Waals surface area contributed by atoms with Gasteiger partial charge in [0.05, 0.1) is 6.10 Å². The molecule has 0 bridgehead atoms. The molecule has 0 amide bonds. The van der Waals surface area contributed by atoms with Crippen molar-refractivity contribution in [2.24, 2.45) is 5.92 Å². The van der Waals surface area contributed by atoms with Gasteiger partial charge in [-0.1, -0.05) is 47.7 Å². The fourth-order valence-electron chi connectivity index (χ4n) is 1.72. The maximum Gasteiger partial charge on any atom is 0.0620 e. The number of aliphatic hydroxyl groups excluding tert-OH is 1. The van der Waals surface area contributed by atoms with Crippen molar-refractivity contribution in [1.29, 1.82) is 0 Å². The summed E-state index contributed by atoms with van der Waals surface area (Å²) >= 11 is 1.73. The van der Waals surface area contributed by atoms with E-state index in [1.807, 2.05) is 13.0 Å². The van der Waals surface area contributed by atoms with Crippen molar-refractivity contribution in [3.05, 3.63) is 53.0 Å². The molecule has 2 rings (SSSR count). The fraction of sp³-hybridized carbons (Fsp3) is 0.286. The van der Waals surface area contributed by atoms with Crippen molar-refractivity contribution in [2.75, 3.05) is 0 Å². The number of hydrogen-bond acceptors (Lipinski definition) is 2. The molecule has 1 aromatic carbocycles. The summed E-state index contributed by atoms with van der Waals surface area (Å²) in [4.78, 5) is 2.45. The van der Waals surface area contributed by atoms with E-state index >= 15 is 0 Å². The lowest BCUT2D eigenvalue weighted by Crippen LogP contribution is -2.13. The van der Waals surface area contributed by atoms with Crippen molar-refractivity contribution in [1.82, 2.24) is 0 Å². The van der Waals surface area contributed by atoms with Crippen molar-refractivity contribution in [3.8, 4) is 0 Å². The average molecular weight is 232 g/mol. The normalized spacial score (nSPS) is 20.9. The Hall–Kier alpha value is -0.990. The lowest BCUT2D eigenvalue weighted by Gasteiger charge is -2.16. The highest BCUT2D eigenvalue weighted by molar-refractivity contribution is 8.03. The molecule has 0 fully saturated rings. The zero-order valence-electron chi connectivity index (χ0n) is 9.55. The summed E-state index contributed by atoms with van der Waals surface area (Å²) < 4.78 is 0. The van der Waals surface area contributed by atoms with Crippen LogP contribution in [0.5, 0.6) is 0 Å². The second kappa shape index (κ2) is 4.89. The third-order valence-electron chi connectivity index (χ3n) is 2.68. The minimum Gasteiger partial charge on any atom is -0.392 e. The zero-order valence-corrected chi connectivity index (χ0v) is 10.4. The van der Waals surface area contributed by atoms with Crippen LogP contribution in [0.25, 0.3) is 0 Å².